The third-order valence-electron chi connectivity index (χ3n) is 6.05. The topological polar surface area (TPSA) is 97.1 Å². The van der Waals surface area contributed by atoms with E-state index in [-0.39, 0.29) is 36.7 Å². The van der Waals surface area contributed by atoms with E-state index in [2.05, 4.69) is 24.7 Å². The molecule has 1 atom stereocenters. The molecule has 0 bridgehead atoms. The summed E-state index contributed by atoms with van der Waals surface area (Å²) in [5.74, 6) is -0.245. The number of carbonyl (C=O) groups is 2. The lowest BCUT2D eigenvalue weighted by Gasteiger charge is -2.59. The predicted octanol–water partition coefficient (Wildman–Crippen LogP) is 2.98. The first-order chi connectivity index (χ1) is 15.2. The van der Waals surface area contributed by atoms with Gasteiger partial charge in [0.25, 0.3) is 5.91 Å². The Balaban J connectivity index is 1.58. The summed E-state index contributed by atoms with van der Waals surface area (Å²) >= 11 is 0. The first-order valence-corrected chi connectivity index (χ1v) is 15.5. The van der Waals surface area contributed by atoms with Crippen molar-refractivity contribution in [3.8, 4) is 0 Å². The highest BCUT2D eigenvalue weighted by Crippen LogP contribution is 2.41. The maximum Gasteiger partial charge on any atom is 0.410 e. The number of nitrogens with zero attached hydrogens (tertiary/aromatic N) is 4. The molecule has 186 valence electrons. The number of hydrogen-bond donors (Lipinski definition) is 1. The number of ether oxygens (including phenoxy) is 2. The van der Waals surface area contributed by atoms with E-state index < -0.39 is 13.7 Å². The zero-order chi connectivity index (χ0) is 24.6. The minimum Gasteiger partial charge on any atom is -0.444 e. The van der Waals surface area contributed by atoms with Gasteiger partial charge in [0.2, 0.25) is 0 Å². The Hall–Kier alpha value is -1.91. The summed E-state index contributed by atoms with van der Waals surface area (Å²) in [4.78, 5) is 29.0. The van der Waals surface area contributed by atoms with E-state index in [1.807, 2.05) is 27.7 Å². The second-order valence-electron chi connectivity index (χ2n) is 11.9. The van der Waals surface area contributed by atoms with Crippen molar-refractivity contribution in [1.82, 2.24) is 19.6 Å². The number of aliphatic hydroxyl groups excluding tert-OH is 1. The molecule has 3 rings (SSSR count). The van der Waals surface area contributed by atoms with Gasteiger partial charge in [-0.05, 0) is 32.9 Å². The lowest BCUT2D eigenvalue weighted by molar-refractivity contribution is -0.0984. The zero-order valence-electron chi connectivity index (χ0n) is 21.2. The van der Waals surface area contributed by atoms with E-state index in [0.29, 0.717) is 44.2 Å². The van der Waals surface area contributed by atoms with E-state index in [1.165, 1.54) is 0 Å². The van der Waals surface area contributed by atoms with E-state index in [1.54, 1.807) is 20.5 Å². The Labute approximate surface area is 198 Å². The van der Waals surface area contributed by atoms with E-state index in [0.717, 1.165) is 6.04 Å². The number of amides is 2. The molecule has 0 radical (unpaired) electrons. The van der Waals surface area contributed by atoms with Crippen LogP contribution in [0.1, 0.15) is 49.8 Å². The van der Waals surface area contributed by atoms with Crippen molar-refractivity contribution in [2.45, 2.75) is 71.6 Å². The Morgan fingerprint density at radius 3 is 2.33 bits per heavy atom. The van der Waals surface area contributed by atoms with Crippen molar-refractivity contribution in [3.63, 3.8) is 0 Å². The van der Waals surface area contributed by atoms with Gasteiger partial charge in [-0.25, -0.2) is 9.48 Å². The molecule has 2 saturated heterocycles. The third-order valence-corrected chi connectivity index (χ3v) is 7.75. The molecule has 0 aliphatic carbocycles. The molecule has 0 saturated carbocycles. The standard InChI is InChI=1S/C23H40N4O5Si/c1-17(11-28)18-10-19(27(24-18)16-31-8-9-33(5,6)7)20(29)25-12-23(13-25)14-26(15-23)21(30)32-22(2,3)4/h10,17,28H,8-9,11-16H2,1-7H3. The number of aliphatic hydroxyl groups is 1. The minimum absolute atomic E-state index is 0.0333. The summed E-state index contributed by atoms with van der Waals surface area (Å²) in [7, 11) is -1.20. The fraction of sp³-hybridized carbons (Fsp3) is 0.783. The van der Waals surface area contributed by atoms with E-state index >= 15 is 0 Å². The molecule has 33 heavy (non-hydrogen) atoms. The van der Waals surface area contributed by atoms with Crippen LogP contribution >= 0.6 is 0 Å². The Morgan fingerprint density at radius 1 is 1.18 bits per heavy atom. The van der Waals surface area contributed by atoms with Crippen LogP contribution in [-0.4, -0.2) is 89.8 Å². The van der Waals surface area contributed by atoms with Gasteiger partial charge in [-0.1, -0.05) is 26.6 Å². The van der Waals surface area contributed by atoms with Gasteiger partial charge >= 0.3 is 6.09 Å². The molecule has 1 spiro atoms. The fourth-order valence-electron chi connectivity index (χ4n) is 4.06. The van der Waals surface area contributed by atoms with Crippen molar-refractivity contribution in [2.75, 3.05) is 39.4 Å². The molecule has 2 aliphatic heterocycles. The molecule has 1 aromatic heterocycles. The molecule has 2 aliphatic rings. The molecule has 10 heteroatoms. The molecular weight excluding hydrogens is 440 g/mol. The molecule has 1 aromatic rings. The van der Waals surface area contributed by atoms with Gasteiger partial charge in [-0.15, -0.1) is 0 Å². The lowest BCUT2D eigenvalue weighted by Crippen LogP contribution is -2.73. The molecule has 2 amide bonds. The molecule has 0 aromatic carbocycles. The van der Waals surface area contributed by atoms with Crippen LogP contribution in [-0.2, 0) is 16.2 Å². The maximum atomic E-state index is 13.2. The Kier molecular flexibility index (Phi) is 7.31. The normalized spacial score (nSPS) is 18.7. The van der Waals surface area contributed by atoms with Crippen LogP contribution < -0.4 is 0 Å². The first-order valence-electron chi connectivity index (χ1n) is 11.8. The Bertz CT molecular complexity index is 859. The van der Waals surface area contributed by atoms with Crippen molar-refractivity contribution >= 4 is 20.1 Å². The van der Waals surface area contributed by atoms with E-state index in [9.17, 15) is 14.7 Å². The maximum absolute atomic E-state index is 13.2. The van der Waals surface area contributed by atoms with Gasteiger partial charge in [-0.2, -0.15) is 5.10 Å². The number of likely N-dealkylation sites (tertiary alicyclic amines) is 2. The van der Waals surface area contributed by atoms with Gasteiger partial charge in [0, 0.05) is 52.2 Å². The summed E-state index contributed by atoms with van der Waals surface area (Å²) in [6.45, 7) is 17.6. The zero-order valence-corrected chi connectivity index (χ0v) is 22.2. The summed E-state index contributed by atoms with van der Waals surface area (Å²) in [6.07, 6.45) is -0.297. The van der Waals surface area contributed by atoms with Crippen molar-refractivity contribution in [2.24, 2.45) is 5.41 Å². The van der Waals surface area contributed by atoms with Crippen LogP contribution in [0.15, 0.2) is 6.07 Å². The number of aromatic nitrogens is 2. The number of hydrogen-bond acceptors (Lipinski definition) is 6. The minimum atomic E-state index is -1.20. The van der Waals surface area contributed by atoms with Crippen LogP contribution in [0.3, 0.4) is 0 Å². The lowest BCUT2D eigenvalue weighted by atomic mass is 9.73. The van der Waals surface area contributed by atoms with Gasteiger partial charge in [0.05, 0.1) is 12.3 Å². The van der Waals surface area contributed by atoms with Crippen molar-refractivity contribution in [1.29, 1.82) is 0 Å². The number of rotatable bonds is 8. The van der Waals surface area contributed by atoms with E-state index in [4.69, 9.17) is 9.47 Å². The molecule has 9 nitrogen and oxygen atoms in total. The fourth-order valence-corrected chi connectivity index (χ4v) is 4.82. The second-order valence-corrected chi connectivity index (χ2v) is 17.5. The van der Waals surface area contributed by atoms with Gasteiger partial charge in [-0.3, -0.25) is 4.79 Å². The summed E-state index contributed by atoms with van der Waals surface area (Å²) < 4.78 is 12.9. The largest absolute Gasteiger partial charge is 0.444 e. The first kappa shape index (κ1) is 25.7. The Morgan fingerprint density at radius 2 is 1.79 bits per heavy atom. The summed E-state index contributed by atoms with van der Waals surface area (Å²) in [5, 5.41) is 14.1. The average Bonchev–Trinajstić information content (AvgIpc) is 3.04. The van der Waals surface area contributed by atoms with Crippen LogP contribution in [0.5, 0.6) is 0 Å². The highest BCUT2D eigenvalue weighted by molar-refractivity contribution is 6.76. The van der Waals surface area contributed by atoms with Crippen molar-refractivity contribution < 1.29 is 24.2 Å². The molecule has 3 heterocycles. The summed E-state index contributed by atoms with van der Waals surface area (Å²) in [5.41, 5.74) is 0.619. The molecule has 2 fully saturated rings. The van der Waals surface area contributed by atoms with Crippen LogP contribution in [0.25, 0.3) is 0 Å². The summed E-state index contributed by atoms with van der Waals surface area (Å²) in [6, 6.07) is 2.81. The van der Waals surface area contributed by atoms with Crippen LogP contribution in [0.2, 0.25) is 25.7 Å². The van der Waals surface area contributed by atoms with Gasteiger partial charge in [0.1, 0.15) is 18.0 Å². The average molecular weight is 481 g/mol. The van der Waals surface area contributed by atoms with Gasteiger partial charge < -0.3 is 24.4 Å². The number of carbonyl (C=O) groups excluding carboxylic acids is 2. The highest BCUT2D eigenvalue weighted by Gasteiger charge is 2.55. The molecule has 1 N–H and O–H groups in total. The smallest absolute Gasteiger partial charge is 0.410 e. The second kappa shape index (κ2) is 9.38. The molecule has 1 unspecified atom stereocenters. The van der Waals surface area contributed by atoms with Gasteiger partial charge in [0.15, 0.2) is 0 Å². The third kappa shape index (κ3) is 6.36. The predicted molar refractivity (Wildman–Crippen MR) is 128 cm³/mol. The van der Waals surface area contributed by atoms with Crippen LogP contribution in [0.4, 0.5) is 4.79 Å². The molecular formula is C23H40N4O5Si. The van der Waals surface area contributed by atoms with Crippen LogP contribution in [0, 0.1) is 5.41 Å². The quantitative estimate of drug-likeness (QED) is 0.454. The monoisotopic (exact) mass is 480 g/mol. The van der Waals surface area contributed by atoms with Crippen molar-refractivity contribution in [3.05, 3.63) is 17.5 Å². The SMILES string of the molecule is CC(CO)c1cc(C(=O)N2CC3(CN(C(=O)OC(C)(C)C)C3)C2)n(COCC[Si](C)(C)C)n1. The highest BCUT2D eigenvalue weighted by atomic mass is 28.3.